The van der Waals surface area contributed by atoms with E-state index in [0.717, 1.165) is 19.0 Å². The summed E-state index contributed by atoms with van der Waals surface area (Å²) in [5.41, 5.74) is 4.63. The number of fused-ring (bicyclic) bond motifs is 1. The van der Waals surface area contributed by atoms with Gasteiger partial charge in [-0.3, -0.25) is 0 Å². The summed E-state index contributed by atoms with van der Waals surface area (Å²) in [6.45, 7) is 2.15. The zero-order valence-corrected chi connectivity index (χ0v) is 8.55. The summed E-state index contributed by atoms with van der Waals surface area (Å²) in [4.78, 5) is 0. The van der Waals surface area contributed by atoms with Gasteiger partial charge in [-0.1, -0.05) is 31.0 Å². The molecular formula is C13H17N. The fourth-order valence-electron chi connectivity index (χ4n) is 2.83. The number of hydrogen-bond acceptors (Lipinski definition) is 1. The molecule has 1 heterocycles. The lowest BCUT2D eigenvalue weighted by atomic mass is 9.94. The van der Waals surface area contributed by atoms with Crippen molar-refractivity contribution in [1.29, 1.82) is 0 Å². The first kappa shape index (κ1) is 8.49. The third-order valence-electron chi connectivity index (χ3n) is 3.69. The maximum Gasteiger partial charge on any atom is 0.0212 e. The molecule has 1 fully saturated rings. The number of rotatable bonds is 1. The van der Waals surface area contributed by atoms with E-state index in [1.54, 1.807) is 5.56 Å². The highest BCUT2D eigenvalue weighted by molar-refractivity contribution is 5.36. The van der Waals surface area contributed by atoms with Gasteiger partial charge >= 0.3 is 0 Å². The maximum atomic E-state index is 3.41. The third kappa shape index (κ3) is 1.36. The van der Waals surface area contributed by atoms with Crippen LogP contribution >= 0.6 is 0 Å². The van der Waals surface area contributed by atoms with Crippen molar-refractivity contribution in [2.45, 2.75) is 44.7 Å². The van der Waals surface area contributed by atoms with Gasteiger partial charge < -0.3 is 5.32 Å². The smallest absolute Gasteiger partial charge is 0.0212 e. The fourth-order valence-corrected chi connectivity index (χ4v) is 2.83. The highest BCUT2D eigenvalue weighted by Gasteiger charge is 2.19. The van der Waals surface area contributed by atoms with Crippen LogP contribution in [0.5, 0.6) is 0 Å². The summed E-state index contributed by atoms with van der Waals surface area (Å²) < 4.78 is 0. The number of hydrogen-bond donors (Lipinski definition) is 1. The second-order valence-corrected chi connectivity index (χ2v) is 4.61. The van der Waals surface area contributed by atoms with Gasteiger partial charge in [-0.15, -0.1) is 0 Å². The van der Waals surface area contributed by atoms with Crippen LogP contribution in [-0.2, 0) is 13.1 Å². The first-order chi connectivity index (χ1) is 6.93. The fraction of sp³-hybridized carbons (Fsp3) is 0.538. The molecule has 14 heavy (non-hydrogen) atoms. The predicted molar refractivity (Wildman–Crippen MR) is 58.2 cm³/mol. The molecule has 0 spiro atoms. The van der Waals surface area contributed by atoms with E-state index in [0.29, 0.717) is 0 Å². The second-order valence-electron chi connectivity index (χ2n) is 4.61. The molecule has 1 saturated carbocycles. The van der Waals surface area contributed by atoms with E-state index >= 15 is 0 Å². The first-order valence-corrected chi connectivity index (χ1v) is 5.76. The van der Waals surface area contributed by atoms with Crippen molar-refractivity contribution in [3.63, 3.8) is 0 Å². The second kappa shape index (κ2) is 3.39. The summed E-state index contributed by atoms with van der Waals surface area (Å²) in [5, 5.41) is 3.41. The normalized spacial score (nSPS) is 21.4. The maximum absolute atomic E-state index is 3.41. The molecule has 1 nitrogen and oxygen atoms in total. The van der Waals surface area contributed by atoms with E-state index in [1.807, 2.05) is 0 Å². The van der Waals surface area contributed by atoms with Crippen LogP contribution in [0, 0.1) is 0 Å². The Morgan fingerprint density at radius 3 is 2.64 bits per heavy atom. The Hall–Kier alpha value is -0.820. The van der Waals surface area contributed by atoms with Gasteiger partial charge in [0.05, 0.1) is 0 Å². The Morgan fingerprint density at radius 2 is 1.79 bits per heavy atom. The van der Waals surface area contributed by atoms with Crippen LogP contribution in [0.4, 0.5) is 0 Å². The zero-order chi connectivity index (χ0) is 9.38. The standard InChI is InChI=1S/C13H17N/c1-2-4-10(3-1)11-5-6-12-8-14-9-13(12)7-11/h5-7,10,14H,1-4,8-9H2. The van der Waals surface area contributed by atoms with E-state index in [1.165, 1.54) is 36.8 Å². The monoisotopic (exact) mass is 187 g/mol. The summed E-state index contributed by atoms with van der Waals surface area (Å²) in [6.07, 6.45) is 5.68. The molecule has 0 saturated heterocycles. The molecule has 0 unspecified atom stereocenters. The van der Waals surface area contributed by atoms with Gasteiger partial charge in [-0.2, -0.15) is 0 Å². The Bertz CT molecular complexity index is 337. The van der Waals surface area contributed by atoms with Gasteiger partial charge in [0.15, 0.2) is 0 Å². The van der Waals surface area contributed by atoms with Crippen LogP contribution in [0.1, 0.15) is 48.3 Å². The van der Waals surface area contributed by atoms with Crippen LogP contribution in [0.15, 0.2) is 18.2 Å². The minimum atomic E-state index is 0.862. The minimum absolute atomic E-state index is 0.862. The summed E-state index contributed by atoms with van der Waals surface area (Å²) in [5.74, 6) is 0.862. The molecule has 0 aromatic heterocycles. The van der Waals surface area contributed by atoms with Crippen molar-refractivity contribution >= 4 is 0 Å². The van der Waals surface area contributed by atoms with Gasteiger partial charge in [0.25, 0.3) is 0 Å². The average molecular weight is 187 g/mol. The van der Waals surface area contributed by atoms with E-state index in [4.69, 9.17) is 0 Å². The SMILES string of the molecule is c1cc2c(cc1C1CCCC1)CNC2. The van der Waals surface area contributed by atoms with Crippen LogP contribution < -0.4 is 5.32 Å². The van der Waals surface area contributed by atoms with Crippen LogP contribution in [0.3, 0.4) is 0 Å². The molecule has 2 aliphatic rings. The summed E-state index contributed by atoms with van der Waals surface area (Å²) in [6, 6.07) is 7.11. The quantitative estimate of drug-likeness (QED) is 0.712. The molecule has 0 atom stereocenters. The number of nitrogens with one attached hydrogen (secondary N) is 1. The van der Waals surface area contributed by atoms with E-state index in [9.17, 15) is 0 Å². The highest BCUT2D eigenvalue weighted by Crippen LogP contribution is 2.35. The van der Waals surface area contributed by atoms with Crippen molar-refractivity contribution in [2.24, 2.45) is 0 Å². The molecule has 0 amide bonds. The predicted octanol–water partition coefficient (Wildman–Crippen LogP) is 2.95. The number of benzene rings is 1. The topological polar surface area (TPSA) is 12.0 Å². The van der Waals surface area contributed by atoms with Crippen molar-refractivity contribution < 1.29 is 0 Å². The van der Waals surface area contributed by atoms with Crippen molar-refractivity contribution in [3.8, 4) is 0 Å². The van der Waals surface area contributed by atoms with Gasteiger partial charge in [0.1, 0.15) is 0 Å². The van der Waals surface area contributed by atoms with Crippen molar-refractivity contribution in [2.75, 3.05) is 0 Å². The Labute approximate surface area is 85.5 Å². The van der Waals surface area contributed by atoms with Crippen LogP contribution in [0.25, 0.3) is 0 Å². The van der Waals surface area contributed by atoms with Crippen molar-refractivity contribution in [3.05, 3.63) is 34.9 Å². The largest absolute Gasteiger partial charge is 0.309 e. The molecule has 1 aliphatic carbocycles. The zero-order valence-electron chi connectivity index (χ0n) is 8.55. The molecule has 3 rings (SSSR count). The lowest BCUT2D eigenvalue weighted by molar-refractivity contribution is 0.721. The molecule has 1 aromatic rings. The Kier molecular flexibility index (Phi) is 2.06. The molecule has 1 aromatic carbocycles. The van der Waals surface area contributed by atoms with Gasteiger partial charge in [-0.25, -0.2) is 0 Å². The van der Waals surface area contributed by atoms with E-state index in [-0.39, 0.29) is 0 Å². The lowest BCUT2D eigenvalue weighted by Gasteiger charge is -2.10. The summed E-state index contributed by atoms with van der Waals surface area (Å²) >= 11 is 0. The molecule has 0 radical (unpaired) electrons. The van der Waals surface area contributed by atoms with Crippen LogP contribution in [-0.4, -0.2) is 0 Å². The van der Waals surface area contributed by atoms with Gasteiger partial charge in [-0.05, 0) is 35.4 Å². The first-order valence-electron chi connectivity index (χ1n) is 5.76. The third-order valence-corrected chi connectivity index (χ3v) is 3.69. The average Bonchev–Trinajstić information content (AvgIpc) is 2.88. The molecule has 1 aliphatic heterocycles. The Balaban J connectivity index is 1.91. The van der Waals surface area contributed by atoms with Crippen molar-refractivity contribution in [1.82, 2.24) is 5.32 Å². The molecule has 1 heteroatoms. The molecular weight excluding hydrogens is 170 g/mol. The Morgan fingerprint density at radius 1 is 1.00 bits per heavy atom. The summed E-state index contributed by atoms with van der Waals surface area (Å²) in [7, 11) is 0. The minimum Gasteiger partial charge on any atom is -0.309 e. The van der Waals surface area contributed by atoms with Gasteiger partial charge in [0.2, 0.25) is 0 Å². The highest BCUT2D eigenvalue weighted by atomic mass is 14.9. The van der Waals surface area contributed by atoms with E-state index in [2.05, 4.69) is 23.5 Å². The molecule has 74 valence electrons. The van der Waals surface area contributed by atoms with Gasteiger partial charge in [0, 0.05) is 13.1 Å². The molecule has 0 bridgehead atoms. The van der Waals surface area contributed by atoms with Crippen LogP contribution in [0.2, 0.25) is 0 Å². The molecule has 1 N–H and O–H groups in total. The van der Waals surface area contributed by atoms with E-state index < -0.39 is 0 Å². The lowest BCUT2D eigenvalue weighted by Crippen LogP contribution is -2.00.